The molecule has 0 atom stereocenters. The third-order valence-electron chi connectivity index (χ3n) is 3.44. The molecule has 0 radical (unpaired) electrons. The molecular formula is C13H21N3. The Morgan fingerprint density at radius 2 is 2.00 bits per heavy atom. The summed E-state index contributed by atoms with van der Waals surface area (Å²) in [5.74, 6) is 0. The summed E-state index contributed by atoms with van der Waals surface area (Å²) in [7, 11) is 0. The number of hydrogen-bond donors (Lipinski definition) is 2. The van der Waals surface area contributed by atoms with Crippen LogP contribution < -0.4 is 11.5 Å². The van der Waals surface area contributed by atoms with E-state index >= 15 is 0 Å². The maximum atomic E-state index is 6.08. The molecule has 4 N–H and O–H groups in total. The second-order valence-corrected chi connectivity index (χ2v) is 4.76. The number of nitrogen functional groups attached to an aromatic ring is 1. The van der Waals surface area contributed by atoms with Gasteiger partial charge in [-0.15, -0.1) is 0 Å². The largest absolute Gasteiger partial charge is 0.398 e. The van der Waals surface area contributed by atoms with Gasteiger partial charge in [-0.05, 0) is 44.0 Å². The Kier molecular flexibility index (Phi) is 3.46. The van der Waals surface area contributed by atoms with Gasteiger partial charge in [0.15, 0.2) is 0 Å². The smallest absolute Gasteiger partial charge is 0.0389 e. The van der Waals surface area contributed by atoms with Gasteiger partial charge in [0.05, 0.1) is 0 Å². The molecule has 0 aromatic heterocycles. The van der Waals surface area contributed by atoms with Crippen molar-refractivity contribution in [2.24, 2.45) is 5.73 Å². The van der Waals surface area contributed by atoms with Gasteiger partial charge >= 0.3 is 0 Å². The van der Waals surface area contributed by atoms with Gasteiger partial charge in [0, 0.05) is 18.3 Å². The number of anilines is 1. The molecule has 0 aliphatic carbocycles. The molecule has 3 heteroatoms. The summed E-state index contributed by atoms with van der Waals surface area (Å²) in [6.07, 6.45) is 2.21. The minimum Gasteiger partial charge on any atom is -0.398 e. The molecular weight excluding hydrogens is 198 g/mol. The number of nitrogens with zero attached hydrogens (tertiary/aromatic N) is 1. The first-order valence-corrected chi connectivity index (χ1v) is 5.98. The lowest BCUT2D eigenvalue weighted by molar-refractivity contribution is 0.206. The minimum absolute atomic E-state index is 0.395. The van der Waals surface area contributed by atoms with E-state index in [2.05, 4.69) is 30.0 Å². The molecule has 88 valence electrons. The predicted octanol–water partition coefficient (Wildman–Crippen LogP) is 1.50. The van der Waals surface area contributed by atoms with Crippen molar-refractivity contribution in [2.45, 2.75) is 32.4 Å². The van der Waals surface area contributed by atoms with Crippen molar-refractivity contribution in [2.75, 3.05) is 18.8 Å². The van der Waals surface area contributed by atoms with E-state index in [1.54, 1.807) is 0 Å². The van der Waals surface area contributed by atoms with E-state index in [9.17, 15) is 0 Å². The highest BCUT2D eigenvalue weighted by molar-refractivity contribution is 5.52. The SMILES string of the molecule is Cc1cccc(CN2CCC(N)CC2)c1N. The summed E-state index contributed by atoms with van der Waals surface area (Å²) in [4.78, 5) is 2.44. The molecule has 0 saturated carbocycles. The standard InChI is InChI=1S/C13H21N3/c1-10-3-2-4-11(13(10)15)9-16-7-5-12(14)6-8-16/h2-4,12H,5-9,14-15H2,1H3. The lowest BCUT2D eigenvalue weighted by Crippen LogP contribution is -2.39. The number of nitrogens with two attached hydrogens (primary N) is 2. The maximum absolute atomic E-state index is 6.08. The van der Waals surface area contributed by atoms with Crippen LogP contribution in [0.4, 0.5) is 5.69 Å². The molecule has 1 aliphatic heterocycles. The van der Waals surface area contributed by atoms with Gasteiger partial charge in [0.25, 0.3) is 0 Å². The monoisotopic (exact) mass is 219 g/mol. The van der Waals surface area contributed by atoms with Crippen molar-refractivity contribution in [1.29, 1.82) is 0 Å². The fraction of sp³-hybridized carbons (Fsp3) is 0.538. The van der Waals surface area contributed by atoms with Crippen molar-refractivity contribution in [3.8, 4) is 0 Å². The Bertz CT molecular complexity index is 354. The zero-order chi connectivity index (χ0) is 11.5. The summed E-state index contributed by atoms with van der Waals surface area (Å²) in [5, 5.41) is 0. The highest BCUT2D eigenvalue weighted by Crippen LogP contribution is 2.20. The van der Waals surface area contributed by atoms with Crippen LogP contribution in [0.1, 0.15) is 24.0 Å². The van der Waals surface area contributed by atoms with Crippen LogP contribution in [0.5, 0.6) is 0 Å². The van der Waals surface area contributed by atoms with Crippen molar-refractivity contribution in [3.05, 3.63) is 29.3 Å². The number of hydrogen-bond acceptors (Lipinski definition) is 3. The summed E-state index contributed by atoms with van der Waals surface area (Å²) in [5.41, 5.74) is 15.3. The van der Waals surface area contributed by atoms with Gasteiger partial charge in [-0.2, -0.15) is 0 Å². The minimum atomic E-state index is 0.395. The summed E-state index contributed by atoms with van der Waals surface area (Å²) < 4.78 is 0. The van der Waals surface area contributed by atoms with Crippen LogP contribution in [-0.4, -0.2) is 24.0 Å². The first kappa shape index (κ1) is 11.4. The second-order valence-electron chi connectivity index (χ2n) is 4.76. The van der Waals surface area contributed by atoms with E-state index < -0.39 is 0 Å². The molecule has 1 aliphatic rings. The maximum Gasteiger partial charge on any atom is 0.0389 e. The highest BCUT2D eigenvalue weighted by Gasteiger charge is 2.16. The zero-order valence-corrected chi connectivity index (χ0v) is 9.95. The van der Waals surface area contributed by atoms with E-state index in [1.165, 1.54) is 11.1 Å². The topological polar surface area (TPSA) is 55.3 Å². The van der Waals surface area contributed by atoms with Crippen LogP contribution in [0.15, 0.2) is 18.2 Å². The lowest BCUT2D eigenvalue weighted by Gasteiger charge is -2.30. The van der Waals surface area contributed by atoms with Gasteiger partial charge in [-0.25, -0.2) is 0 Å². The first-order chi connectivity index (χ1) is 7.66. The Balaban J connectivity index is 2.01. The fourth-order valence-corrected chi connectivity index (χ4v) is 2.23. The Morgan fingerprint density at radius 1 is 1.31 bits per heavy atom. The van der Waals surface area contributed by atoms with Crippen molar-refractivity contribution >= 4 is 5.69 Å². The zero-order valence-electron chi connectivity index (χ0n) is 9.95. The third kappa shape index (κ3) is 2.54. The molecule has 1 heterocycles. The highest BCUT2D eigenvalue weighted by atomic mass is 15.1. The van der Waals surface area contributed by atoms with Crippen LogP contribution in [0.3, 0.4) is 0 Å². The van der Waals surface area contributed by atoms with Gasteiger partial charge in [0.1, 0.15) is 0 Å². The van der Waals surface area contributed by atoms with E-state index in [-0.39, 0.29) is 0 Å². The van der Waals surface area contributed by atoms with Crippen molar-refractivity contribution in [1.82, 2.24) is 4.90 Å². The molecule has 3 nitrogen and oxygen atoms in total. The van der Waals surface area contributed by atoms with Gasteiger partial charge in [-0.1, -0.05) is 18.2 Å². The molecule has 1 aromatic carbocycles. The number of likely N-dealkylation sites (tertiary alicyclic amines) is 1. The Labute approximate surface area is 97.4 Å². The van der Waals surface area contributed by atoms with E-state index in [4.69, 9.17) is 11.5 Å². The first-order valence-electron chi connectivity index (χ1n) is 5.98. The molecule has 1 saturated heterocycles. The normalized spacial score (nSPS) is 18.9. The lowest BCUT2D eigenvalue weighted by atomic mass is 10.0. The molecule has 0 unspecified atom stereocenters. The number of para-hydroxylation sites is 1. The van der Waals surface area contributed by atoms with E-state index in [1.807, 2.05) is 0 Å². The third-order valence-corrected chi connectivity index (χ3v) is 3.44. The molecule has 16 heavy (non-hydrogen) atoms. The number of benzene rings is 1. The quantitative estimate of drug-likeness (QED) is 0.741. The summed E-state index contributed by atoms with van der Waals surface area (Å²) in [6.45, 7) is 5.20. The van der Waals surface area contributed by atoms with Gasteiger partial charge < -0.3 is 11.5 Å². The number of rotatable bonds is 2. The van der Waals surface area contributed by atoms with Crippen LogP contribution in [0.25, 0.3) is 0 Å². The van der Waals surface area contributed by atoms with E-state index in [0.717, 1.165) is 38.2 Å². The number of piperidine rings is 1. The van der Waals surface area contributed by atoms with Crippen LogP contribution >= 0.6 is 0 Å². The molecule has 0 amide bonds. The molecule has 1 fully saturated rings. The predicted molar refractivity (Wildman–Crippen MR) is 68.1 cm³/mol. The van der Waals surface area contributed by atoms with Gasteiger partial charge in [-0.3, -0.25) is 4.90 Å². The van der Waals surface area contributed by atoms with Crippen LogP contribution in [-0.2, 0) is 6.54 Å². The Morgan fingerprint density at radius 3 is 2.69 bits per heavy atom. The fourth-order valence-electron chi connectivity index (χ4n) is 2.23. The average Bonchev–Trinajstić information content (AvgIpc) is 2.28. The summed E-state index contributed by atoms with van der Waals surface area (Å²) >= 11 is 0. The second kappa shape index (κ2) is 4.85. The molecule has 1 aromatic rings. The Hall–Kier alpha value is -1.06. The number of aryl methyl sites for hydroxylation is 1. The van der Waals surface area contributed by atoms with Crippen molar-refractivity contribution < 1.29 is 0 Å². The molecule has 0 bridgehead atoms. The van der Waals surface area contributed by atoms with Crippen molar-refractivity contribution in [3.63, 3.8) is 0 Å². The van der Waals surface area contributed by atoms with Gasteiger partial charge in [0.2, 0.25) is 0 Å². The summed E-state index contributed by atoms with van der Waals surface area (Å²) in [6, 6.07) is 6.66. The van der Waals surface area contributed by atoms with E-state index in [0.29, 0.717) is 6.04 Å². The molecule has 0 spiro atoms. The van der Waals surface area contributed by atoms with Crippen LogP contribution in [0.2, 0.25) is 0 Å². The van der Waals surface area contributed by atoms with Crippen LogP contribution in [0, 0.1) is 6.92 Å². The molecule has 2 rings (SSSR count). The average molecular weight is 219 g/mol.